The summed E-state index contributed by atoms with van der Waals surface area (Å²) in [5, 5.41) is 0. The summed E-state index contributed by atoms with van der Waals surface area (Å²) in [7, 11) is 0. The minimum atomic E-state index is 0.680. The Balaban J connectivity index is 1.89. The van der Waals surface area contributed by atoms with Crippen molar-refractivity contribution in [3.63, 3.8) is 0 Å². The quantitative estimate of drug-likeness (QED) is 0.720. The molecular formula is C14H16O. The highest BCUT2D eigenvalue weighted by molar-refractivity contribution is 5.20. The molecule has 1 aromatic carbocycles. The van der Waals surface area contributed by atoms with Crippen molar-refractivity contribution >= 4 is 0 Å². The average Bonchev–Trinajstić information content (AvgIpc) is 2.30. The van der Waals surface area contributed by atoms with Crippen molar-refractivity contribution in [2.24, 2.45) is 0 Å². The van der Waals surface area contributed by atoms with Crippen LogP contribution in [0.1, 0.15) is 25.3 Å². The van der Waals surface area contributed by atoms with Crippen LogP contribution in [0.3, 0.4) is 0 Å². The summed E-state index contributed by atoms with van der Waals surface area (Å²) < 4.78 is 5.73. The molecule has 0 radical (unpaired) electrons. The lowest BCUT2D eigenvalue weighted by molar-refractivity contribution is 0.188. The zero-order valence-electron chi connectivity index (χ0n) is 9.07. The molecule has 1 nitrogen and oxygen atoms in total. The van der Waals surface area contributed by atoms with Crippen LogP contribution in [0.4, 0.5) is 0 Å². The van der Waals surface area contributed by atoms with E-state index in [1.54, 1.807) is 0 Å². The summed E-state index contributed by atoms with van der Waals surface area (Å²) in [6.07, 6.45) is 6.39. The van der Waals surface area contributed by atoms with Crippen LogP contribution in [0.2, 0.25) is 0 Å². The highest BCUT2D eigenvalue weighted by Crippen LogP contribution is 2.19. The average molecular weight is 200 g/mol. The molecule has 0 saturated carbocycles. The van der Waals surface area contributed by atoms with Gasteiger partial charge in [-0.3, -0.25) is 0 Å². The Morgan fingerprint density at radius 3 is 2.53 bits per heavy atom. The predicted molar refractivity (Wildman–Crippen MR) is 62.3 cm³/mol. The van der Waals surface area contributed by atoms with Gasteiger partial charge in [0.05, 0.1) is 5.76 Å². The minimum absolute atomic E-state index is 0.680. The predicted octanol–water partition coefficient (Wildman–Crippen LogP) is 3.83. The molecule has 0 N–H and O–H groups in total. The minimum Gasteiger partial charge on any atom is -0.493 e. The monoisotopic (exact) mass is 200 g/mol. The van der Waals surface area contributed by atoms with Gasteiger partial charge in [-0.05, 0) is 25.0 Å². The molecule has 0 spiro atoms. The highest BCUT2D eigenvalue weighted by Gasteiger charge is 2.04. The third kappa shape index (κ3) is 2.98. The van der Waals surface area contributed by atoms with Gasteiger partial charge in [0, 0.05) is 6.42 Å². The van der Waals surface area contributed by atoms with Crippen LogP contribution in [0.5, 0.6) is 0 Å². The third-order valence-corrected chi connectivity index (χ3v) is 2.59. The Labute approximate surface area is 91.1 Å². The Morgan fingerprint density at radius 2 is 1.87 bits per heavy atom. The zero-order valence-corrected chi connectivity index (χ0v) is 9.07. The van der Waals surface area contributed by atoms with Crippen LogP contribution < -0.4 is 0 Å². The first-order valence-electron chi connectivity index (χ1n) is 5.37. The zero-order chi connectivity index (χ0) is 10.5. The van der Waals surface area contributed by atoms with Crippen LogP contribution in [0.25, 0.3) is 0 Å². The Kier molecular flexibility index (Phi) is 3.23. The van der Waals surface area contributed by atoms with E-state index in [1.165, 1.54) is 11.1 Å². The molecule has 0 heterocycles. The van der Waals surface area contributed by atoms with E-state index in [-0.39, 0.29) is 0 Å². The van der Waals surface area contributed by atoms with E-state index in [1.807, 2.05) is 18.2 Å². The van der Waals surface area contributed by atoms with Gasteiger partial charge >= 0.3 is 0 Å². The van der Waals surface area contributed by atoms with Crippen LogP contribution in [0.15, 0.2) is 53.8 Å². The van der Waals surface area contributed by atoms with Crippen molar-refractivity contribution in [1.82, 2.24) is 0 Å². The lowest BCUT2D eigenvalue weighted by Gasteiger charge is -2.13. The standard InChI is InChI=1S/C14H16O/c1-12-7-9-14(10-8-12)15-11-13-5-3-2-4-6-13/h2-7,9H,8,10-11H2,1H3. The smallest absolute Gasteiger partial charge is 0.113 e. The fraction of sp³-hybridized carbons (Fsp3) is 0.286. The number of rotatable bonds is 3. The van der Waals surface area contributed by atoms with Gasteiger partial charge in [0.15, 0.2) is 0 Å². The second-order valence-corrected chi connectivity index (χ2v) is 3.92. The summed E-state index contributed by atoms with van der Waals surface area (Å²) in [5.41, 5.74) is 2.66. The molecule has 1 aromatic rings. The molecule has 1 aliphatic carbocycles. The first-order valence-corrected chi connectivity index (χ1v) is 5.37. The molecular weight excluding hydrogens is 184 g/mol. The van der Waals surface area contributed by atoms with Gasteiger partial charge in [-0.15, -0.1) is 0 Å². The maximum absolute atomic E-state index is 5.73. The van der Waals surface area contributed by atoms with E-state index in [9.17, 15) is 0 Å². The lowest BCUT2D eigenvalue weighted by Crippen LogP contribution is -1.97. The largest absolute Gasteiger partial charge is 0.493 e. The van der Waals surface area contributed by atoms with E-state index in [4.69, 9.17) is 4.74 Å². The molecule has 78 valence electrons. The highest BCUT2D eigenvalue weighted by atomic mass is 16.5. The van der Waals surface area contributed by atoms with Gasteiger partial charge in [-0.2, -0.15) is 0 Å². The summed E-state index contributed by atoms with van der Waals surface area (Å²) in [6, 6.07) is 10.3. The molecule has 1 aliphatic rings. The van der Waals surface area contributed by atoms with E-state index in [0.717, 1.165) is 18.6 Å². The number of benzene rings is 1. The molecule has 0 bridgehead atoms. The van der Waals surface area contributed by atoms with Crippen LogP contribution in [-0.4, -0.2) is 0 Å². The van der Waals surface area contributed by atoms with Crippen molar-refractivity contribution in [3.8, 4) is 0 Å². The first-order chi connectivity index (χ1) is 7.34. The van der Waals surface area contributed by atoms with E-state index >= 15 is 0 Å². The normalized spacial score (nSPS) is 15.5. The maximum Gasteiger partial charge on any atom is 0.113 e. The lowest BCUT2D eigenvalue weighted by atomic mass is 10.1. The molecule has 2 rings (SSSR count). The summed E-state index contributed by atoms with van der Waals surface area (Å²) in [5.74, 6) is 1.10. The van der Waals surface area contributed by atoms with Crippen molar-refractivity contribution in [3.05, 3.63) is 59.4 Å². The van der Waals surface area contributed by atoms with Crippen LogP contribution in [-0.2, 0) is 11.3 Å². The number of hydrogen-bond acceptors (Lipinski definition) is 1. The Hall–Kier alpha value is -1.50. The van der Waals surface area contributed by atoms with E-state index < -0.39 is 0 Å². The molecule has 0 atom stereocenters. The van der Waals surface area contributed by atoms with Gasteiger partial charge in [0.2, 0.25) is 0 Å². The van der Waals surface area contributed by atoms with E-state index in [2.05, 4.69) is 31.2 Å². The topological polar surface area (TPSA) is 9.23 Å². The van der Waals surface area contributed by atoms with Gasteiger partial charge in [0.25, 0.3) is 0 Å². The van der Waals surface area contributed by atoms with Gasteiger partial charge in [-0.1, -0.05) is 42.0 Å². The summed E-state index contributed by atoms with van der Waals surface area (Å²) in [6.45, 7) is 2.84. The maximum atomic E-state index is 5.73. The molecule has 15 heavy (non-hydrogen) atoms. The molecule has 0 saturated heterocycles. The Bertz CT molecular complexity index is 374. The van der Waals surface area contributed by atoms with Gasteiger partial charge < -0.3 is 4.74 Å². The van der Waals surface area contributed by atoms with Crippen LogP contribution >= 0.6 is 0 Å². The summed E-state index contributed by atoms with van der Waals surface area (Å²) >= 11 is 0. The molecule has 1 heteroatoms. The number of ether oxygens (including phenoxy) is 1. The van der Waals surface area contributed by atoms with Crippen molar-refractivity contribution in [1.29, 1.82) is 0 Å². The Morgan fingerprint density at radius 1 is 1.07 bits per heavy atom. The number of allylic oxidation sites excluding steroid dienone is 4. The van der Waals surface area contributed by atoms with Crippen molar-refractivity contribution < 1.29 is 4.74 Å². The second-order valence-electron chi connectivity index (χ2n) is 3.92. The van der Waals surface area contributed by atoms with Crippen molar-refractivity contribution in [2.45, 2.75) is 26.4 Å². The molecule has 0 unspecified atom stereocenters. The first kappa shape index (κ1) is 10.0. The number of hydrogen-bond donors (Lipinski definition) is 0. The molecule has 0 aromatic heterocycles. The fourth-order valence-electron chi connectivity index (χ4n) is 1.59. The van der Waals surface area contributed by atoms with Crippen LogP contribution in [0, 0.1) is 0 Å². The third-order valence-electron chi connectivity index (χ3n) is 2.59. The molecule has 0 fully saturated rings. The molecule has 0 aliphatic heterocycles. The molecule has 0 amide bonds. The SMILES string of the molecule is CC1=CC=C(OCc2ccccc2)CC1. The second kappa shape index (κ2) is 4.83. The summed E-state index contributed by atoms with van der Waals surface area (Å²) in [4.78, 5) is 0. The van der Waals surface area contributed by atoms with Gasteiger partial charge in [-0.25, -0.2) is 0 Å². The van der Waals surface area contributed by atoms with Crippen molar-refractivity contribution in [2.75, 3.05) is 0 Å². The van der Waals surface area contributed by atoms with Gasteiger partial charge in [0.1, 0.15) is 6.61 Å². The van der Waals surface area contributed by atoms with E-state index in [0.29, 0.717) is 6.61 Å². The fourth-order valence-corrected chi connectivity index (χ4v) is 1.59.